The molecule has 0 aromatic heterocycles. The van der Waals surface area contributed by atoms with E-state index in [4.69, 9.17) is 5.11 Å². The molecule has 0 saturated carbocycles. The summed E-state index contributed by atoms with van der Waals surface area (Å²) in [6.07, 6.45) is -0.223. The maximum absolute atomic E-state index is 13.8. The fourth-order valence-corrected chi connectivity index (χ4v) is 2.24. The first-order chi connectivity index (χ1) is 8.91. The van der Waals surface area contributed by atoms with Crippen molar-refractivity contribution in [2.45, 2.75) is 19.3 Å². The van der Waals surface area contributed by atoms with Crippen LogP contribution in [0.15, 0.2) is 29.5 Å². The van der Waals surface area contributed by atoms with Gasteiger partial charge < -0.3 is 10.4 Å². The first-order valence-corrected chi connectivity index (χ1v) is 5.59. The number of hydrogen-bond donors (Lipinski definition) is 2. The van der Waals surface area contributed by atoms with Crippen molar-refractivity contribution in [2.24, 2.45) is 0 Å². The molecule has 2 N–H and O–H groups in total. The van der Waals surface area contributed by atoms with E-state index in [9.17, 15) is 18.4 Å². The number of carbonyl (C=O) groups excluding carboxylic acids is 1. The molecular weight excluding hydrogens is 256 g/mol. The van der Waals surface area contributed by atoms with Gasteiger partial charge in [-0.25, -0.2) is 13.6 Å². The van der Waals surface area contributed by atoms with Crippen molar-refractivity contribution in [1.82, 2.24) is 5.32 Å². The molecule has 0 bridgehead atoms. The fraction of sp³-hybridized carbons (Fsp3) is 0.231. The minimum absolute atomic E-state index is 0.119. The summed E-state index contributed by atoms with van der Waals surface area (Å²) < 4.78 is 27.0. The number of nitrogens with one attached hydrogen (secondary N) is 1. The molecule has 1 aromatic rings. The number of allylic oxidation sites excluding steroid dienone is 1. The van der Waals surface area contributed by atoms with E-state index in [1.165, 1.54) is 19.1 Å². The molecule has 6 heteroatoms. The topological polar surface area (TPSA) is 66.4 Å². The molecule has 1 heterocycles. The van der Waals surface area contributed by atoms with Crippen LogP contribution in [-0.2, 0) is 9.59 Å². The largest absolute Gasteiger partial charge is 0.478 e. The Morgan fingerprint density at radius 3 is 2.74 bits per heavy atom. The molecule has 1 atom stereocenters. The normalized spacial score (nSPS) is 19.3. The lowest BCUT2D eigenvalue weighted by atomic mass is 9.84. The van der Waals surface area contributed by atoms with Crippen molar-refractivity contribution >= 4 is 11.9 Å². The van der Waals surface area contributed by atoms with E-state index in [1.54, 1.807) is 0 Å². The number of benzene rings is 1. The standard InChI is InChI=1S/C13H11F2NO3/c1-6-11(13(18)19)8(5-10(17)16-6)7-3-2-4-9(14)12(7)15/h2-4,8H,5H2,1H3,(H,16,17)(H,18,19). The van der Waals surface area contributed by atoms with Gasteiger partial charge in [0.2, 0.25) is 5.91 Å². The summed E-state index contributed by atoms with van der Waals surface area (Å²) in [6.45, 7) is 1.42. The van der Waals surface area contributed by atoms with Crippen LogP contribution in [0.1, 0.15) is 24.8 Å². The van der Waals surface area contributed by atoms with E-state index < -0.39 is 29.4 Å². The van der Waals surface area contributed by atoms with Gasteiger partial charge in [0, 0.05) is 18.0 Å². The van der Waals surface area contributed by atoms with Crippen molar-refractivity contribution in [3.63, 3.8) is 0 Å². The van der Waals surface area contributed by atoms with Crippen LogP contribution in [0.3, 0.4) is 0 Å². The number of carboxylic acid groups (broad SMARTS) is 1. The van der Waals surface area contributed by atoms with Gasteiger partial charge in [-0.15, -0.1) is 0 Å². The smallest absolute Gasteiger partial charge is 0.333 e. The molecule has 1 aromatic carbocycles. The van der Waals surface area contributed by atoms with Gasteiger partial charge in [-0.05, 0) is 18.6 Å². The molecule has 0 radical (unpaired) electrons. The van der Waals surface area contributed by atoms with E-state index >= 15 is 0 Å². The molecule has 0 saturated heterocycles. The molecule has 100 valence electrons. The van der Waals surface area contributed by atoms with Crippen LogP contribution in [0.4, 0.5) is 8.78 Å². The molecule has 1 amide bonds. The van der Waals surface area contributed by atoms with Crippen molar-refractivity contribution < 1.29 is 23.5 Å². The first-order valence-electron chi connectivity index (χ1n) is 5.59. The number of carbonyl (C=O) groups is 2. The maximum Gasteiger partial charge on any atom is 0.333 e. The summed E-state index contributed by atoms with van der Waals surface area (Å²) in [7, 11) is 0. The number of rotatable bonds is 2. The van der Waals surface area contributed by atoms with Crippen molar-refractivity contribution in [1.29, 1.82) is 0 Å². The molecule has 1 aliphatic heterocycles. The second-order valence-corrected chi connectivity index (χ2v) is 4.29. The lowest BCUT2D eigenvalue weighted by Gasteiger charge is -2.25. The predicted octanol–water partition coefficient (Wildman–Crippen LogP) is 1.93. The highest BCUT2D eigenvalue weighted by molar-refractivity contribution is 5.94. The Hall–Kier alpha value is -2.24. The second kappa shape index (κ2) is 4.79. The Morgan fingerprint density at radius 2 is 2.11 bits per heavy atom. The SMILES string of the molecule is CC1=C(C(=O)O)C(c2cccc(F)c2F)CC(=O)N1. The zero-order valence-corrected chi connectivity index (χ0v) is 10.0. The average Bonchev–Trinajstić information content (AvgIpc) is 2.31. The van der Waals surface area contributed by atoms with Crippen molar-refractivity contribution in [2.75, 3.05) is 0 Å². The van der Waals surface area contributed by atoms with Gasteiger partial charge in [0.25, 0.3) is 0 Å². The van der Waals surface area contributed by atoms with Crippen LogP contribution in [0, 0.1) is 11.6 Å². The molecule has 0 fully saturated rings. The third kappa shape index (κ3) is 2.33. The van der Waals surface area contributed by atoms with Crippen molar-refractivity contribution in [3.8, 4) is 0 Å². The van der Waals surface area contributed by atoms with Crippen LogP contribution in [0.25, 0.3) is 0 Å². The van der Waals surface area contributed by atoms with Crippen LogP contribution in [0.2, 0.25) is 0 Å². The highest BCUT2D eigenvalue weighted by atomic mass is 19.2. The Morgan fingerprint density at radius 1 is 1.42 bits per heavy atom. The highest BCUT2D eigenvalue weighted by Crippen LogP contribution is 2.34. The summed E-state index contributed by atoms with van der Waals surface area (Å²) in [5.41, 5.74) is -0.0897. The number of aliphatic carboxylic acids is 1. The van der Waals surface area contributed by atoms with Crippen molar-refractivity contribution in [3.05, 3.63) is 46.7 Å². The Kier molecular flexibility index (Phi) is 3.33. The Bertz CT molecular complexity index is 596. The average molecular weight is 267 g/mol. The molecule has 2 rings (SSSR count). The quantitative estimate of drug-likeness (QED) is 0.860. The Labute approximate surface area is 107 Å². The number of carboxylic acids is 1. The molecule has 4 nitrogen and oxygen atoms in total. The second-order valence-electron chi connectivity index (χ2n) is 4.29. The van der Waals surface area contributed by atoms with Gasteiger partial charge in [0.05, 0.1) is 5.57 Å². The van der Waals surface area contributed by atoms with Gasteiger partial charge in [0.1, 0.15) is 0 Å². The predicted molar refractivity (Wildman–Crippen MR) is 62.2 cm³/mol. The van der Waals surface area contributed by atoms with Gasteiger partial charge in [-0.3, -0.25) is 4.79 Å². The summed E-state index contributed by atoms with van der Waals surface area (Å²) >= 11 is 0. The van der Waals surface area contributed by atoms with Crippen LogP contribution < -0.4 is 5.32 Å². The third-order valence-electron chi connectivity index (χ3n) is 3.06. The van der Waals surface area contributed by atoms with E-state index in [2.05, 4.69) is 5.32 Å². The first kappa shape index (κ1) is 13.2. The molecular formula is C13H11F2NO3. The lowest BCUT2D eigenvalue weighted by molar-refractivity contribution is -0.133. The molecule has 1 unspecified atom stereocenters. The third-order valence-corrected chi connectivity index (χ3v) is 3.06. The summed E-state index contributed by atoms with van der Waals surface area (Å²) in [6, 6.07) is 3.52. The van der Waals surface area contributed by atoms with Crippen LogP contribution in [0.5, 0.6) is 0 Å². The van der Waals surface area contributed by atoms with Gasteiger partial charge in [0.15, 0.2) is 11.6 Å². The molecule has 0 spiro atoms. The van der Waals surface area contributed by atoms with Gasteiger partial charge in [-0.2, -0.15) is 0 Å². The molecule has 19 heavy (non-hydrogen) atoms. The minimum Gasteiger partial charge on any atom is -0.478 e. The Balaban J connectivity index is 2.58. The minimum atomic E-state index is -1.26. The van der Waals surface area contributed by atoms with E-state index in [0.717, 1.165) is 6.07 Å². The van der Waals surface area contributed by atoms with Gasteiger partial charge in [-0.1, -0.05) is 12.1 Å². The summed E-state index contributed by atoms with van der Waals surface area (Å²) in [5, 5.41) is 11.5. The lowest BCUT2D eigenvalue weighted by Crippen LogP contribution is -2.33. The van der Waals surface area contributed by atoms with Crippen LogP contribution >= 0.6 is 0 Å². The van der Waals surface area contributed by atoms with E-state index in [0.29, 0.717) is 0 Å². The number of amides is 1. The van der Waals surface area contributed by atoms with Crippen LogP contribution in [-0.4, -0.2) is 17.0 Å². The summed E-state index contributed by atoms with van der Waals surface area (Å²) in [4.78, 5) is 22.7. The molecule has 1 aliphatic rings. The zero-order valence-electron chi connectivity index (χ0n) is 10.0. The monoisotopic (exact) mass is 267 g/mol. The molecule has 0 aliphatic carbocycles. The number of hydrogen-bond acceptors (Lipinski definition) is 2. The van der Waals surface area contributed by atoms with E-state index in [-0.39, 0.29) is 23.3 Å². The van der Waals surface area contributed by atoms with Gasteiger partial charge >= 0.3 is 5.97 Å². The maximum atomic E-state index is 13.8. The number of halogens is 2. The highest BCUT2D eigenvalue weighted by Gasteiger charge is 2.33. The zero-order chi connectivity index (χ0) is 14.2. The fourth-order valence-electron chi connectivity index (χ4n) is 2.24. The van der Waals surface area contributed by atoms with E-state index in [1.807, 2.05) is 0 Å². The summed E-state index contributed by atoms with van der Waals surface area (Å²) in [5.74, 6) is -4.84.